The summed E-state index contributed by atoms with van der Waals surface area (Å²) in [7, 11) is 0. The maximum absolute atomic E-state index is 13.0. The van der Waals surface area contributed by atoms with Crippen LogP contribution in [0.2, 0.25) is 0 Å². The lowest BCUT2D eigenvalue weighted by atomic mass is 10.3. The number of carbonyl (C=O) groups excluding carboxylic acids is 1. The fourth-order valence-electron chi connectivity index (χ4n) is 3.68. The number of carbonyl (C=O) groups is 1. The highest BCUT2D eigenvalue weighted by atomic mass is 16.5. The molecular weight excluding hydrogens is 442 g/mol. The number of hydrogen-bond donors (Lipinski definition) is 1. The molecule has 0 unspecified atom stereocenters. The predicted molar refractivity (Wildman–Crippen MR) is 130 cm³/mol. The normalized spacial score (nSPS) is 10.7. The lowest BCUT2D eigenvalue weighted by Gasteiger charge is -2.10. The van der Waals surface area contributed by atoms with Gasteiger partial charge >= 0.3 is 0 Å². The van der Waals surface area contributed by atoms with E-state index >= 15 is 0 Å². The molecule has 0 saturated heterocycles. The van der Waals surface area contributed by atoms with Crippen LogP contribution in [-0.4, -0.2) is 30.2 Å². The SMILES string of the molecule is Cc1cn(-c2ccc(C#N)cn2)nc1NC(=O)Cn1c(COc2ccccc2)nc2ccccc21. The van der Waals surface area contributed by atoms with Crippen molar-refractivity contribution in [2.24, 2.45) is 0 Å². The van der Waals surface area contributed by atoms with Gasteiger partial charge in [0.2, 0.25) is 5.91 Å². The Hall–Kier alpha value is -4.97. The Morgan fingerprint density at radius 2 is 1.89 bits per heavy atom. The maximum atomic E-state index is 13.0. The average Bonchev–Trinajstić information content (AvgIpc) is 3.43. The summed E-state index contributed by atoms with van der Waals surface area (Å²) in [5.74, 6) is 2.12. The number of nitrogens with zero attached hydrogens (tertiary/aromatic N) is 6. The number of para-hydroxylation sites is 3. The number of hydrogen-bond acceptors (Lipinski definition) is 6. The molecule has 0 aliphatic heterocycles. The van der Waals surface area contributed by atoms with E-state index < -0.39 is 0 Å². The molecule has 9 nitrogen and oxygen atoms in total. The van der Waals surface area contributed by atoms with Crippen LogP contribution < -0.4 is 10.1 Å². The first-order chi connectivity index (χ1) is 17.1. The van der Waals surface area contributed by atoms with Crippen molar-refractivity contribution in [1.82, 2.24) is 24.3 Å². The van der Waals surface area contributed by atoms with Crippen LogP contribution in [0, 0.1) is 18.3 Å². The molecule has 0 spiro atoms. The number of aromatic nitrogens is 5. The van der Waals surface area contributed by atoms with Gasteiger partial charge in [-0.15, -0.1) is 5.10 Å². The number of nitriles is 1. The number of fused-ring (bicyclic) bond motifs is 1. The van der Waals surface area contributed by atoms with Crippen LogP contribution in [-0.2, 0) is 17.9 Å². The third kappa shape index (κ3) is 4.72. The van der Waals surface area contributed by atoms with E-state index in [0.717, 1.165) is 22.3 Å². The van der Waals surface area contributed by atoms with E-state index in [9.17, 15) is 4.79 Å². The van der Waals surface area contributed by atoms with E-state index in [1.807, 2.05) is 72.2 Å². The molecule has 0 aliphatic rings. The number of imidazole rings is 1. The second kappa shape index (κ2) is 9.49. The van der Waals surface area contributed by atoms with E-state index in [2.05, 4.69) is 20.4 Å². The van der Waals surface area contributed by atoms with E-state index in [1.54, 1.807) is 23.0 Å². The van der Waals surface area contributed by atoms with Crippen molar-refractivity contribution in [3.63, 3.8) is 0 Å². The van der Waals surface area contributed by atoms with E-state index in [4.69, 9.17) is 10.00 Å². The molecule has 5 aromatic rings. The third-order valence-electron chi connectivity index (χ3n) is 5.41. The Labute approximate surface area is 201 Å². The standard InChI is InChI=1S/C26H21N7O2/c1-18-15-33(23-12-11-19(13-27)14-28-23)31-26(18)30-25(34)16-32-22-10-6-5-9-21(22)29-24(32)17-35-20-7-3-2-4-8-20/h2-12,14-15H,16-17H2,1H3,(H,30,31,34). The molecule has 2 aromatic carbocycles. The highest BCUT2D eigenvalue weighted by Gasteiger charge is 2.16. The quantitative estimate of drug-likeness (QED) is 0.390. The summed E-state index contributed by atoms with van der Waals surface area (Å²) in [4.78, 5) is 21.9. The van der Waals surface area contributed by atoms with Crippen molar-refractivity contribution in [2.45, 2.75) is 20.1 Å². The molecule has 0 bridgehead atoms. The fourth-order valence-corrected chi connectivity index (χ4v) is 3.68. The number of ether oxygens (including phenoxy) is 1. The van der Waals surface area contributed by atoms with Crippen molar-refractivity contribution in [2.75, 3.05) is 5.32 Å². The predicted octanol–water partition coefficient (Wildman–Crippen LogP) is 4.01. The summed E-state index contributed by atoms with van der Waals surface area (Å²) in [6.45, 7) is 2.13. The first kappa shape index (κ1) is 21.9. The molecule has 0 radical (unpaired) electrons. The number of nitrogens with one attached hydrogen (secondary N) is 1. The van der Waals surface area contributed by atoms with Crippen molar-refractivity contribution in [3.8, 4) is 17.6 Å². The highest BCUT2D eigenvalue weighted by Crippen LogP contribution is 2.20. The molecular formula is C26H21N7O2. The summed E-state index contributed by atoms with van der Waals surface area (Å²) < 4.78 is 9.31. The van der Waals surface area contributed by atoms with Gasteiger partial charge in [0.1, 0.15) is 30.8 Å². The van der Waals surface area contributed by atoms with Crippen molar-refractivity contribution < 1.29 is 9.53 Å². The Morgan fingerprint density at radius 1 is 1.09 bits per heavy atom. The number of amides is 1. The highest BCUT2D eigenvalue weighted by molar-refractivity contribution is 5.91. The van der Waals surface area contributed by atoms with Crippen LogP contribution in [0.25, 0.3) is 16.9 Å². The molecule has 3 heterocycles. The Balaban J connectivity index is 1.35. The summed E-state index contributed by atoms with van der Waals surface area (Å²) >= 11 is 0. The Kier molecular flexibility index (Phi) is 5.92. The second-order valence-electron chi connectivity index (χ2n) is 7.87. The summed E-state index contributed by atoms with van der Waals surface area (Å²) in [5, 5.41) is 16.3. The minimum Gasteiger partial charge on any atom is -0.486 e. The van der Waals surface area contributed by atoms with E-state index in [0.29, 0.717) is 23.0 Å². The molecule has 5 rings (SSSR count). The molecule has 172 valence electrons. The third-order valence-corrected chi connectivity index (χ3v) is 5.41. The molecule has 0 fully saturated rings. The van der Waals surface area contributed by atoms with Gasteiger partial charge in [0.25, 0.3) is 0 Å². The first-order valence-corrected chi connectivity index (χ1v) is 11.0. The van der Waals surface area contributed by atoms with E-state index in [1.165, 1.54) is 6.20 Å². The largest absolute Gasteiger partial charge is 0.486 e. The molecule has 0 atom stereocenters. The van der Waals surface area contributed by atoms with Gasteiger partial charge in [-0.05, 0) is 43.3 Å². The van der Waals surface area contributed by atoms with Gasteiger partial charge in [-0.3, -0.25) is 4.79 Å². The lowest BCUT2D eigenvalue weighted by molar-refractivity contribution is -0.116. The smallest absolute Gasteiger partial charge is 0.245 e. The Morgan fingerprint density at radius 3 is 2.66 bits per heavy atom. The molecule has 35 heavy (non-hydrogen) atoms. The zero-order chi connectivity index (χ0) is 24.2. The fraction of sp³-hybridized carbons (Fsp3) is 0.115. The average molecular weight is 464 g/mol. The summed E-state index contributed by atoms with van der Waals surface area (Å²) in [5.41, 5.74) is 2.89. The first-order valence-electron chi connectivity index (χ1n) is 11.0. The Bertz CT molecular complexity index is 1530. The second-order valence-corrected chi connectivity index (χ2v) is 7.87. The zero-order valence-electron chi connectivity index (χ0n) is 18.9. The number of anilines is 1. The van der Waals surface area contributed by atoms with Crippen molar-refractivity contribution in [1.29, 1.82) is 5.26 Å². The van der Waals surface area contributed by atoms with Crippen LogP contribution in [0.1, 0.15) is 17.0 Å². The molecule has 0 aliphatic carbocycles. The van der Waals surface area contributed by atoms with E-state index in [-0.39, 0.29) is 19.1 Å². The van der Waals surface area contributed by atoms with Gasteiger partial charge in [0.05, 0.1) is 16.6 Å². The lowest BCUT2D eigenvalue weighted by Crippen LogP contribution is -2.21. The number of rotatable bonds is 7. The zero-order valence-corrected chi connectivity index (χ0v) is 18.9. The van der Waals surface area contributed by atoms with Crippen LogP contribution in [0.15, 0.2) is 79.1 Å². The van der Waals surface area contributed by atoms with Gasteiger partial charge in [-0.2, -0.15) is 5.26 Å². The van der Waals surface area contributed by atoms with Crippen LogP contribution >= 0.6 is 0 Å². The topological polar surface area (TPSA) is 111 Å². The molecule has 9 heteroatoms. The minimum atomic E-state index is -0.241. The van der Waals surface area contributed by atoms with Gasteiger partial charge in [0, 0.05) is 18.0 Å². The van der Waals surface area contributed by atoms with Gasteiger partial charge < -0.3 is 14.6 Å². The molecule has 0 saturated carbocycles. The van der Waals surface area contributed by atoms with Crippen molar-refractivity contribution in [3.05, 3.63) is 96.1 Å². The van der Waals surface area contributed by atoms with Gasteiger partial charge in [-0.1, -0.05) is 30.3 Å². The number of aryl methyl sites for hydroxylation is 1. The summed E-state index contributed by atoms with van der Waals surface area (Å²) in [6.07, 6.45) is 3.25. The van der Waals surface area contributed by atoms with Crippen molar-refractivity contribution >= 4 is 22.8 Å². The van der Waals surface area contributed by atoms with Crippen LogP contribution in [0.4, 0.5) is 5.82 Å². The number of benzene rings is 2. The molecule has 1 N–H and O–H groups in total. The summed E-state index contributed by atoms with van der Waals surface area (Å²) in [6, 6.07) is 22.6. The van der Waals surface area contributed by atoms with Crippen LogP contribution in [0.5, 0.6) is 5.75 Å². The van der Waals surface area contributed by atoms with Crippen LogP contribution in [0.3, 0.4) is 0 Å². The maximum Gasteiger partial charge on any atom is 0.245 e. The molecule has 1 amide bonds. The van der Waals surface area contributed by atoms with Gasteiger partial charge in [-0.25, -0.2) is 14.6 Å². The van der Waals surface area contributed by atoms with Gasteiger partial charge in [0.15, 0.2) is 11.6 Å². The monoisotopic (exact) mass is 463 g/mol. The minimum absolute atomic E-state index is 0.0510. The molecule has 3 aromatic heterocycles. The number of pyridine rings is 1.